The Bertz CT molecular complexity index is 508. The summed E-state index contributed by atoms with van der Waals surface area (Å²) in [6.07, 6.45) is 9.18. The van der Waals surface area contributed by atoms with Gasteiger partial charge in [0.1, 0.15) is 0 Å². The number of carbonyl (C=O) groups is 1. The number of nitrogens with zero attached hydrogens (tertiary/aromatic N) is 4. The molecule has 1 aliphatic carbocycles. The second kappa shape index (κ2) is 7.91. The standard InChI is InChI=1S/C15H25N5O2/c1-2-11-6-14(7-11)20-9-13(17-10-20)8-12(15(21)22)4-3-5-18-19-16/h9-12,14H,2-8H2,1H3,(H2,16,18)(H,21,22). The van der Waals surface area contributed by atoms with E-state index in [1.165, 1.54) is 19.3 Å². The molecule has 1 heterocycles. The number of nitrogens with two attached hydrogens (primary N) is 1. The first-order valence-electron chi connectivity index (χ1n) is 7.95. The van der Waals surface area contributed by atoms with Crippen LogP contribution in [0, 0.1) is 11.8 Å². The number of rotatable bonds is 9. The smallest absolute Gasteiger partial charge is 0.306 e. The molecule has 1 atom stereocenters. The van der Waals surface area contributed by atoms with E-state index in [1.54, 1.807) is 0 Å². The van der Waals surface area contributed by atoms with Gasteiger partial charge in [0, 0.05) is 18.7 Å². The first-order chi connectivity index (χ1) is 10.6. The summed E-state index contributed by atoms with van der Waals surface area (Å²) >= 11 is 0. The first kappa shape index (κ1) is 16.5. The van der Waals surface area contributed by atoms with Crippen LogP contribution in [0.1, 0.15) is 50.8 Å². The lowest BCUT2D eigenvalue weighted by atomic mass is 9.78. The van der Waals surface area contributed by atoms with Crippen molar-refractivity contribution in [1.82, 2.24) is 9.55 Å². The Morgan fingerprint density at radius 2 is 2.36 bits per heavy atom. The fraction of sp³-hybridized carbons (Fsp3) is 0.733. The Balaban J connectivity index is 1.85. The zero-order chi connectivity index (χ0) is 15.9. The van der Waals surface area contributed by atoms with Crippen LogP contribution in [0.25, 0.3) is 0 Å². The molecule has 0 saturated heterocycles. The number of carboxylic acid groups (broad SMARTS) is 1. The van der Waals surface area contributed by atoms with Gasteiger partial charge in [-0.3, -0.25) is 4.79 Å². The number of aliphatic carboxylic acids is 1. The molecule has 0 aliphatic heterocycles. The van der Waals surface area contributed by atoms with Gasteiger partial charge in [-0.1, -0.05) is 18.6 Å². The number of aromatic nitrogens is 2. The molecule has 1 saturated carbocycles. The number of imidazole rings is 1. The van der Waals surface area contributed by atoms with E-state index in [9.17, 15) is 9.90 Å². The minimum atomic E-state index is -0.783. The maximum absolute atomic E-state index is 11.3. The molecule has 122 valence electrons. The van der Waals surface area contributed by atoms with Crippen molar-refractivity contribution in [1.29, 1.82) is 0 Å². The van der Waals surface area contributed by atoms with Crippen LogP contribution in [-0.4, -0.2) is 27.2 Å². The minimum absolute atomic E-state index is 0.430. The van der Waals surface area contributed by atoms with Gasteiger partial charge in [0.25, 0.3) is 0 Å². The van der Waals surface area contributed by atoms with Crippen LogP contribution < -0.4 is 5.84 Å². The molecule has 0 bridgehead atoms. The van der Waals surface area contributed by atoms with Gasteiger partial charge >= 0.3 is 5.97 Å². The first-order valence-corrected chi connectivity index (χ1v) is 7.95. The molecule has 1 aromatic rings. The Kier molecular flexibility index (Phi) is 5.91. The van der Waals surface area contributed by atoms with Crippen molar-refractivity contribution in [2.75, 3.05) is 6.54 Å². The predicted octanol–water partition coefficient (Wildman–Crippen LogP) is 2.59. The molecule has 3 N–H and O–H groups in total. The van der Waals surface area contributed by atoms with Crippen LogP contribution in [0.3, 0.4) is 0 Å². The van der Waals surface area contributed by atoms with E-state index in [-0.39, 0.29) is 0 Å². The van der Waals surface area contributed by atoms with Crippen molar-refractivity contribution in [3.8, 4) is 0 Å². The summed E-state index contributed by atoms with van der Waals surface area (Å²) in [7, 11) is 0. The Labute approximate surface area is 130 Å². The predicted molar refractivity (Wildman–Crippen MR) is 82.3 cm³/mol. The van der Waals surface area contributed by atoms with Crippen LogP contribution in [0.4, 0.5) is 0 Å². The topological polar surface area (TPSA) is 106 Å². The third kappa shape index (κ3) is 4.29. The van der Waals surface area contributed by atoms with Gasteiger partial charge in [-0.15, -0.1) is 0 Å². The summed E-state index contributed by atoms with van der Waals surface area (Å²) in [6, 6.07) is 0.541. The molecular weight excluding hydrogens is 282 g/mol. The molecule has 1 aliphatic rings. The highest BCUT2D eigenvalue weighted by atomic mass is 16.4. The summed E-state index contributed by atoms with van der Waals surface area (Å²) in [5.41, 5.74) is 0.854. The summed E-state index contributed by atoms with van der Waals surface area (Å²) < 4.78 is 2.14. The lowest BCUT2D eigenvalue weighted by Crippen LogP contribution is -2.25. The quantitative estimate of drug-likeness (QED) is 0.316. The van der Waals surface area contributed by atoms with Gasteiger partial charge in [-0.2, -0.15) is 5.11 Å². The van der Waals surface area contributed by atoms with E-state index in [0.717, 1.165) is 11.6 Å². The maximum atomic E-state index is 11.3. The van der Waals surface area contributed by atoms with Crippen LogP contribution in [0.5, 0.6) is 0 Å². The monoisotopic (exact) mass is 307 g/mol. The Morgan fingerprint density at radius 1 is 1.59 bits per heavy atom. The van der Waals surface area contributed by atoms with Gasteiger partial charge in [0.2, 0.25) is 0 Å². The molecular formula is C15H25N5O2. The van der Waals surface area contributed by atoms with Crippen molar-refractivity contribution < 1.29 is 9.90 Å². The van der Waals surface area contributed by atoms with Crippen LogP contribution in [0.15, 0.2) is 22.9 Å². The van der Waals surface area contributed by atoms with Crippen molar-refractivity contribution in [3.63, 3.8) is 0 Å². The lowest BCUT2D eigenvalue weighted by molar-refractivity contribution is -0.142. The molecule has 0 amide bonds. The average molecular weight is 307 g/mol. The number of hydrogen-bond donors (Lipinski definition) is 2. The lowest BCUT2D eigenvalue weighted by Gasteiger charge is -2.35. The summed E-state index contributed by atoms with van der Waals surface area (Å²) in [4.78, 5) is 15.7. The summed E-state index contributed by atoms with van der Waals surface area (Å²) in [5, 5.41) is 16.2. The third-order valence-corrected chi connectivity index (χ3v) is 4.56. The average Bonchev–Trinajstić information content (AvgIpc) is 2.89. The van der Waals surface area contributed by atoms with E-state index >= 15 is 0 Å². The van der Waals surface area contributed by atoms with Gasteiger partial charge in [0.05, 0.1) is 24.5 Å². The van der Waals surface area contributed by atoms with E-state index in [0.29, 0.717) is 31.8 Å². The normalized spacial score (nSPS) is 22.6. The van der Waals surface area contributed by atoms with Crippen LogP contribution >= 0.6 is 0 Å². The Morgan fingerprint density at radius 3 is 3.00 bits per heavy atom. The van der Waals surface area contributed by atoms with Crippen LogP contribution in [0.2, 0.25) is 0 Å². The molecule has 0 aromatic carbocycles. The molecule has 1 aromatic heterocycles. The largest absolute Gasteiger partial charge is 0.481 e. The SMILES string of the molecule is CCC1CC(n2cnc(CC(CCCN=NN)C(=O)O)c2)C1. The molecule has 0 spiro atoms. The second-order valence-corrected chi connectivity index (χ2v) is 6.07. The van der Waals surface area contributed by atoms with Crippen molar-refractivity contribution in [2.24, 2.45) is 28.0 Å². The highest BCUT2D eigenvalue weighted by Crippen LogP contribution is 2.39. The summed E-state index contributed by atoms with van der Waals surface area (Å²) in [6.45, 7) is 2.69. The van der Waals surface area contributed by atoms with Crippen molar-refractivity contribution in [2.45, 2.75) is 51.5 Å². The Hall–Kier alpha value is -1.92. The second-order valence-electron chi connectivity index (χ2n) is 6.07. The van der Waals surface area contributed by atoms with Gasteiger partial charge in [0.15, 0.2) is 0 Å². The molecule has 7 heteroatoms. The highest BCUT2D eigenvalue weighted by Gasteiger charge is 2.29. The third-order valence-electron chi connectivity index (χ3n) is 4.56. The van der Waals surface area contributed by atoms with Crippen LogP contribution in [-0.2, 0) is 11.2 Å². The molecule has 2 rings (SSSR count). The van der Waals surface area contributed by atoms with E-state index in [2.05, 4.69) is 26.8 Å². The zero-order valence-electron chi connectivity index (χ0n) is 13.1. The maximum Gasteiger partial charge on any atom is 0.306 e. The summed E-state index contributed by atoms with van der Waals surface area (Å²) in [5.74, 6) is 4.55. The molecule has 7 nitrogen and oxygen atoms in total. The molecule has 0 radical (unpaired) electrons. The van der Waals surface area contributed by atoms with E-state index in [1.807, 2.05) is 12.5 Å². The van der Waals surface area contributed by atoms with Gasteiger partial charge in [-0.25, -0.2) is 4.98 Å². The van der Waals surface area contributed by atoms with E-state index in [4.69, 9.17) is 5.84 Å². The van der Waals surface area contributed by atoms with Crippen molar-refractivity contribution >= 4 is 5.97 Å². The molecule has 22 heavy (non-hydrogen) atoms. The van der Waals surface area contributed by atoms with Gasteiger partial charge in [-0.05, 0) is 31.6 Å². The van der Waals surface area contributed by atoms with Crippen molar-refractivity contribution in [3.05, 3.63) is 18.2 Å². The van der Waals surface area contributed by atoms with Gasteiger partial charge < -0.3 is 15.5 Å². The minimum Gasteiger partial charge on any atom is -0.481 e. The molecule has 1 unspecified atom stereocenters. The number of hydrogen-bond acceptors (Lipinski definition) is 4. The highest BCUT2D eigenvalue weighted by molar-refractivity contribution is 5.70. The molecule has 1 fully saturated rings. The number of carboxylic acids is 1. The fourth-order valence-electron chi connectivity index (χ4n) is 2.99. The van der Waals surface area contributed by atoms with E-state index < -0.39 is 11.9 Å². The fourth-order valence-corrected chi connectivity index (χ4v) is 2.99. The zero-order valence-corrected chi connectivity index (χ0v) is 13.1.